The number of nitrogens with zero attached hydrogens (tertiary/aromatic N) is 4. The molecule has 1 saturated carbocycles. The van der Waals surface area contributed by atoms with Crippen molar-refractivity contribution in [2.24, 2.45) is 5.41 Å². The average Bonchev–Trinajstić information content (AvgIpc) is 3.16. The Morgan fingerprint density at radius 1 is 1.19 bits per heavy atom. The van der Waals surface area contributed by atoms with Crippen LogP contribution in [0.4, 0.5) is 14.6 Å². The van der Waals surface area contributed by atoms with E-state index in [1.54, 1.807) is 17.2 Å². The minimum absolute atomic E-state index is 0.185. The highest BCUT2D eigenvalue weighted by Gasteiger charge is 2.67. The Bertz CT molecular complexity index is 1140. The van der Waals surface area contributed by atoms with Crippen molar-refractivity contribution >= 4 is 11.3 Å². The number of H-pyrrole nitrogens is 2. The van der Waals surface area contributed by atoms with Gasteiger partial charge in [-0.3, -0.25) is 9.78 Å². The molecule has 3 aromatic heterocycles. The normalized spacial score (nSPS) is 20.2. The maximum atomic E-state index is 14.3. The molecule has 1 spiro atoms. The Labute approximate surface area is 144 Å². The molecule has 1 aliphatic carbocycles. The van der Waals surface area contributed by atoms with Gasteiger partial charge in [-0.25, -0.2) is 23.1 Å². The Morgan fingerprint density at radius 3 is 2.69 bits per heavy atom. The van der Waals surface area contributed by atoms with E-state index in [1.165, 1.54) is 16.9 Å². The lowest BCUT2D eigenvalue weighted by atomic mass is 10.0. The summed E-state index contributed by atoms with van der Waals surface area (Å²) in [5.41, 5.74) is -1.08. The summed E-state index contributed by atoms with van der Waals surface area (Å²) < 4.78 is 30.1. The number of aromatic amines is 2. The Balaban J connectivity index is 1.61. The molecule has 2 N–H and O–H groups in total. The number of hydrogen-bond acceptors (Lipinski definition) is 5. The Morgan fingerprint density at radius 2 is 2.00 bits per heavy atom. The Kier molecular flexibility index (Phi) is 2.80. The fourth-order valence-electron chi connectivity index (χ4n) is 3.65. The first-order valence-electron chi connectivity index (χ1n) is 8.18. The zero-order valence-electron chi connectivity index (χ0n) is 13.5. The molecule has 0 unspecified atom stereocenters. The van der Waals surface area contributed by atoms with Gasteiger partial charge in [0.2, 0.25) is 0 Å². The molecule has 3 aromatic rings. The summed E-state index contributed by atoms with van der Waals surface area (Å²) in [6, 6.07) is 1.61. The molecule has 0 radical (unpaired) electrons. The van der Waals surface area contributed by atoms with Crippen molar-refractivity contribution in [3.05, 3.63) is 45.5 Å². The molecule has 8 nitrogen and oxygen atoms in total. The van der Waals surface area contributed by atoms with Crippen molar-refractivity contribution in [2.45, 2.75) is 18.8 Å². The molecule has 0 amide bonds. The van der Waals surface area contributed by atoms with Crippen LogP contribution in [0.25, 0.3) is 16.8 Å². The van der Waals surface area contributed by atoms with Crippen molar-refractivity contribution in [3.8, 4) is 11.3 Å². The number of anilines is 1. The predicted octanol–water partition coefficient (Wildman–Crippen LogP) is 1.01. The molecule has 0 aromatic carbocycles. The minimum Gasteiger partial charge on any atom is -0.348 e. The molecule has 4 heterocycles. The molecule has 5 rings (SSSR count). The van der Waals surface area contributed by atoms with E-state index in [-0.39, 0.29) is 18.7 Å². The third-order valence-electron chi connectivity index (χ3n) is 5.28. The van der Waals surface area contributed by atoms with Crippen LogP contribution in [0.3, 0.4) is 0 Å². The van der Waals surface area contributed by atoms with Crippen LogP contribution in [0.15, 0.2) is 34.2 Å². The van der Waals surface area contributed by atoms with Gasteiger partial charge in [-0.05, 0) is 18.9 Å². The van der Waals surface area contributed by atoms with Crippen LogP contribution >= 0.6 is 0 Å². The van der Waals surface area contributed by atoms with Crippen LogP contribution in [-0.4, -0.2) is 43.6 Å². The van der Waals surface area contributed by atoms with E-state index < -0.39 is 22.6 Å². The first kappa shape index (κ1) is 15.2. The summed E-state index contributed by atoms with van der Waals surface area (Å²) in [6.45, 7) is -0.119. The molecular formula is C16H14F2N6O2. The second-order valence-corrected chi connectivity index (χ2v) is 6.94. The highest BCUT2D eigenvalue weighted by Crippen LogP contribution is 2.61. The van der Waals surface area contributed by atoms with Gasteiger partial charge in [0.25, 0.3) is 11.5 Å². The van der Waals surface area contributed by atoms with E-state index >= 15 is 0 Å². The highest BCUT2D eigenvalue weighted by molar-refractivity contribution is 5.75. The molecule has 1 aliphatic heterocycles. The van der Waals surface area contributed by atoms with Gasteiger partial charge in [0, 0.05) is 25.1 Å². The van der Waals surface area contributed by atoms with Gasteiger partial charge in [0.05, 0.1) is 17.5 Å². The van der Waals surface area contributed by atoms with E-state index in [2.05, 4.69) is 20.1 Å². The van der Waals surface area contributed by atoms with E-state index in [0.717, 1.165) is 0 Å². The molecule has 26 heavy (non-hydrogen) atoms. The van der Waals surface area contributed by atoms with E-state index in [4.69, 9.17) is 0 Å². The van der Waals surface area contributed by atoms with Gasteiger partial charge >= 0.3 is 5.69 Å². The van der Waals surface area contributed by atoms with Crippen molar-refractivity contribution in [1.82, 2.24) is 24.6 Å². The van der Waals surface area contributed by atoms with Crippen molar-refractivity contribution in [1.29, 1.82) is 0 Å². The molecular weight excluding hydrogens is 346 g/mol. The summed E-state index contributed by atoms with van der Waals surface area (Å²) in [5, 5.41) is 4.31. The van der Waals surface area contributed by atoms with E-state index in [9.17, 15) is 18.4 Å². The zero-order chi connectivity index (χ0) is 18.1. The first-order valence-corrected chi connectivity index (χ1v) is 8.18. The quantitative estimate of drug-likeness (QED) is 0.711. The summed E-state index contributed by atoms with van der Waals surface area (Å²) in [4.78, 5) is 33.6. The van der Waals surface area contributed by atoms with Crippen LogP contribution in [0.5, 0.6) is 0 Å². The highest BCUT2D eigenvalue weighted by atomic mass is 19.3. The molecule has 0 bridgehead atoms. The number of aromatic nitrogens is 5. The van der Waals surface area contributed by atoms with E-state index in [0.29, 0.717) is 29.9 Å². The summed E-state index contributed by atoms with van der Waals surface area (Å²) in [7, 11) is 0. The number of fused-ring (bicyclic) bond motifs is 1. The van der Waals surface area contributed by atoms with Gasteiger partial charge in [0.1, 0.15) is 11.2 Å². The first-order chi connectivity index (χ1) is 12.4. The van der Waals surface area contributed by atoms with Crippen LogP contribution in [-0.2, 0) is 0 Å². The SMILES string of the molecule is O=c1[nH]cc(-c2cc3c(N4CC(F)(F)C5(CC5)C4)nccn3n2)c(=O)[nH]1. The van der Waals surface area contributed by atoms with Crippen molar-refractivity contribution < 1.29 is 8.78 Å². The second kappa shape index (κ2) is 4.77. The summed E-state index contributed by atoms with van der Waals surface area (Å²) in [6.07, 6.45) is 5.41. The second-order valence-electron chi connectivity index (χ2n) is 6.94. The topological polar surface area (TPSA) is 99.2 Å². The van der Waals surface area contributed by atoms with Crippen LogP contribution in [0.1, 0.15) is 12.8 Å². The van der Waals surface area contributed by atoms with Gasteiger partial charge in [0.15, 0.2) is 5.82 Å². The lowest BCUT2D eigenvalue weighted by molar-refractivity contribution is -0.0334. The fraction of sp³-hybridized carbons (Fsp3) is 0.375. The Hall–Kier alpha value is -3.04. The smallest absolute Gasteiger partial charge is 0.325 e. The summed E-state index contributed by atoms with van der Waals surface area (Å²) in [5.74, 6) is -2.32. The number of halogens is 2. The average molecular weight is 360 g/mol. The largest absolute Gasteiger partial charge is 0.348 e. The molecule has 134 valence electrons. The van der Waals surface area contributed by atoms with E-state index in [1.807, 2.05) is 0 Å². The molecule has 2 fully saturated rings. The van der Waals surface area contributed by atoms with Gasteiger partial charge < -0.3 is 9.88 Å². The third-order valence-corrected chi connectivity index (χ3v) is 5.28. The number of rotatable bonds is 2. The molecule has 2 aliphatic rings. The number of hydrogen-bond donors (Lipinski definition) is 2. The third kappa shape index (κ3) is 2.04. The lowest BCUT2D eigenvalue weighted by Crippen LogP contribution is -2.28. The lowest BCUT2D eigenvalue weighted by Gasteiger charge is -2.17. The maximum absolute atomic E-state index is 14.3. The molecule has 0 atom stereocenters. The number of alkyl halides is 2. The standard InChI is InChI=1S/C16H14F2N6O2/c17-16(18)8-23(7-15(16)1-2-15)12-11-5-10(22-24(11)4-3-19-12)9-6-20-14(26)21-13(9)25/h3-6H,1-2,7-8H2,(H2,20,21,25,26). The zero-order valence-corrected chi connectivity index (χ0v) is 13.5. The van der Waals surface area contributed by atoms with Gasteiger partial charge in [-0.2, -0.15) is 5.10 Å². The van der Waals surface area contributed by atoms with Crippen LogP contribution < -0.4 is 16.1 Å². The molecule has 1 saturated heterocycles. The van der Waals surface area contributed by atoms with Crippen LogP contribution in [0.2, 0.25) is 0 Å². The number of nitrogens with one attached hydrogen (secondary N) is 2. The van der Waals surface area contributed by atoms with Gasteiger partial charge in [-0.15, -0.1) is 0 Å². The van der Waals surface area contributed by atoms with Gasteiger partial charge in [-0.1, -0.05) is 0 Å². The van der Waals surface area contributed by atoms with Crippen molar-refractivity contribution in [3.63, 3.8) is 0 Å². The molecule has 10 heteroatoms. The minimum atomic E-state index is -2.74. The fourth-order valence-corrected chi connectivity index (χ4v) is 3.65. The van der Waals surface area contributed by atoms with Crippen LogP contribution in [0, 0.1) is 5.41 Å². The predicted molar refractivity (Wildman–Crippen MR) is 88.5 cm³/mol. The summed E-state index contributed by atoms with van der Waals surface area (Å²) >= 11 is 0. The van der Waals surface area contributed by atoms with Crippen molar-refractivity contribution in [2.75, 3.05) is 18.0 Å². The monoisotopic (exact) mass is 360 g/mol. The maximum Gasteiger partial charge on any atom is 0.325 e.